The van der Waals surface area contributed by atoms with Crippen molar-refractivity contribution in [1.82, 2.24) is 10.2 Å². The molecule has 1 aromatic heterocycles. The molecule has 0 atom stereocenters. The molecule has 1 fully saturated rings. The smallest absolute Gasteiger partial charge is 0.223 e. The molecule has 1 aliphatic heterocycles. The lowest BCUT2D eigenvalue weighted by Crippen LogP contribution is -2.45. The molecule has 0 aromatic carbocycles. The van der Waals surface area contributed by atoms with E-state index in [1.165, 1.54) is 0 Å². The summed E-state index contributed by atoms with van der Waals surface area (Å²) in [5.74, 6) is 1.60. The van der Waals surface area contributed by atoms with E-state index in [1.54, 1.807) is 6.26 Å². The monoisotopic (exact) mass is 222 g/mol. The first-order chi connectivity index (χ1) is 7.79. The Morgan fingerprint density at radius 3 is 2.94 bits per heavy atom. The lowest BCUT2D eigenvalue weighted by atomic mass is 9.98. The molecule has 4 nitrogen and oxygen atoms in total. The Hall–Kier alpha value is -1.29. The van der Waals surface area contributed by atoms with Crippen LogP contribution in [0.4, 0.5) is 0 Å². The SMILES string of the molecule is CCN(Cc1ccco1)C(=O)CC1CNC1. The fourth-order valence-corrected chi connectivity index (χ4v) is 1.84. The topological polar surface area (TPSA) is 45.5 Å². The lowest BCUT2D eigenvalue weighted by Gasteiger charge is -2.29. The summed E-state index contributed by atoms with van der Waals surface area (Å²) in [4.78, 5) is 13.8. The molecule has 16 heavy (non-hydrogen) atoms. The Kier molecular flexibility index (Phi) is 3.62. The summed E-state index contributed by atoms with van der Waals surface area (Å²) >= 11 is 0. The van der Waals surface area contributed by atoms with E-state index in [0.717, 1.165) is 25.4 Å². The van der Waals surface area contributed by atoms with Gasteiger partial charge in [0.15, 0.2) is 0 Å². The van der Waals surface area contributed by atoms with E-state index in [0.29, 0.717) is 18.9 Å². The van der Waals surface area contributed by atoms with E-state index in [2.05, 4.69) is 5.32 Å². The molecule has 0 radical (unpaired) electrons. The van der Waals surface area contributed by atoms with Gasteiger partial charge in [-0.05, 0) is 38.1 Å². The Balaban J connectivity index is 1.85. The van der Waals surface area contributed by atoms with Crippen LogP contribution in [0, 0.1) is 5.92 Å². The first-order valence-corrected chi connectivity index (χ1v) is 5.80. The van der Waals surface area contributed by atoms with E-state index >= 15 is 0 Å². The van der Waals surface area contributed by atoms with Gasteiger partial charge >= 0.3 is 0 Å². The van der Waals surface area contributed by atoms with Crippen LogP contribution in [0.1, 0.15) is 19.1 Å². The Bertz CT molecular complexity index is 331. The van der Waals surface area contributed by atoms with Crippen LogP contribution in [0.3, 0.4) is 0 Å². The summed E-state index contributed by atoms with van der Waals surface area (Å²) in [6.07, 6.45) is 2.30. The second-order valence-electron chi connectivity index (χ2n) is 4.22. The van der Waals surface area contributed by atoms with Gasteiger partial charge in [0, 0.05) is 13.0 Å². The number of carbonyl (C=O) groups is 1. The molecule has 0 unspecified atom stereocenters. The number of amides is 1. The minimum absolute atomic E-state index is 0.227. The van der Waals surface area contributed by atoms with Gasteiger partial charge < -0.3 is 14.6 Å². The van der Waals surface area contributed by atoms with E-state index in [4.69, 9.17) is 4.42 Å². The van der Waals surface area contributed by atoms with Crippen LogP contribution < -0.4 is 5.32 Å². The zero-order chi connectivity index (χ0) is 11.4. The Labute approximate surface area is 95.6 Å². The van der Waals surface area contributed by atoms with Crippen molar-refractivity contribution in [1.29, 1.82) is 0 Å². The zero-order valence-corrected chi connectivity index (χ0v) is 9.61. The standard InChI is InChI=1S/C12H18N2O2/c1-2-14(9-11-4-3-5-16-11)12(15)6-10-7-13-8-10/h3-5,10,13H,2,6-9H2,1H3. The van der Waals surface area contributed by atoms with E-state index in [-0.39, 0.29) is 5.91 Å². The molecular formula is C12H18N2O2. The summed E-state index contributed by atoms with van der Waals surface area (Å²) < 4.78 is 5.26. The van der Waals surface area contributed by atoms with Crippen molar-refractivity contribution in [3.8, 4) is 0 Å². The van der Waals surface area contributed by atoms with E-state index in [1.807, 2.05) is 24.0 Å². The van der Waals surface area contributed by atoms with Gasteiger partial charge in [-0.1, -0.05) is 0 Å². The van der Waals surface area contributed by atoms with Crippen molar-refractivity contribution in [3.05, 3.63) is 24.2 Å². The van der Waals surface area contributed by atoms with Gasteiger partial charge in [0.25, 0.3) is 0 Å². The highest BCUT2D eigenvalue weighted by molar-refractivity contribution is 5.76. The highest BCUT2D eigenvalue weighted by Crippen LogP contribution is 2.13. The van der Waals surface area contributed by atoms with Gasteiger partial charge in [-0.15, -0.1) is 0 Å². The molecule has 2 heterocycles. The average Bonchev–Trinajstić information content (AvgIpc) is 2.72. The highest BCUT2D eigenvalue weighted by atomic mass is 16.3. The number of hydrogen-bond donors (Lipinski definition) is 1. The quantitative estimate of drug-likeness (QED) is 0.815. The van der Waals surface area contributed by atoms with Gasteiger partial charge in [0.05, 0.1) is 12.8 Å². The van der Waals surface area contributed by atoms with Crippen LogP contribution >= 0.6 is 0 Å². The van der Waals surface area contributed by atoms with Gasteiger partial charge in [-0.2, -0.15) is 0 Å². The molecule has 1 aliphatic rings. The number of hydrogen-bond acceptors (Lipinski definition) is 3. The number of furan rings is 1. The molecule has 1 amide bonds. The van der Waals surface area contributed by atoms with E-state index < -0.39 is 0 Å². The van der Waals surface area contributed by atoms with Crippen molar-refractivity contribution in [2.24, 2.45) is 5.92 Å². The molecule has 0 saturated carbocycles. The molecule has 0 spiro atoms. The van der Waals surface area contributed by atoms with Crippen molar-refractivity contribution >= 4 is 5.91 Å². The maximum Gasteiger partial charge on any atom is 0.223 e. The third-order valence-corrected chi connectivity index (χ3v) is 2.99. The molecule has 0 bridgehead atoms. The van der Waals surface area contributed by atoms with Gasteiger partial charge in [0.2, 0.25) is 5.91 Å². The van der Waals surface area contributed by atoms with Crippen LogP contribution in [0.5, 0.6) is 0 Å². The maximum absolute atomic E-state index is 12.0. The van der Waals surface area contributed by atoms with Crippen LogP contribution in [0.2, 0.25) is 0 Å². The second kappa shape index (κ2) is 5.16. The zero-order valence-electron chi connectivity index (χ0n) is 9.61. The summed E-state index contributed by atoms with van der Waals surface area (Å²) in [5, 5.41) is 3.18. The molecule has 1 N–H and O–H groups in total. The largest absolute Gasteiger partial charge is 0.467 e. The first-order valence-electron chi connectivity index (χ1n) is 5.80. The summed E-state index contributed by atoms with van der Waals surface area (Å²) in [5.41, 5.74) is 0. The van der Waals surface area contributed by atoms with Crippen LogP contribution in [-0.4, -0.2) is 30.4 Å². The van der Waals surface area contributed by atoms with Crippen molar-refractivity contribution in [2.75, 3.05) is 19.6 Å². The molecule has 1 saturated heterocycles. The summed E-state index contributed by atoms with van der Waals surface area (Å²) in [7, 11) is 0. The summed E-state index contributed by atoms with van der Waals surface area (Å²) in [6.45, 7) is 5.27. The molecule has 0 aliphatic carbocycles. The van der Waals surface area contributed by atoms with Crippen LogP contribution in [0.25, 0.3) is 0 Å². The van der Waals surface area contributed by atoms with Crippen molar-refractivity contribution < 1.29 is 9.21 Å². The van der Waals surface area contributed by atoms with Gasteiger partial charge in [0.1, 0.15) is 5.76 Å². The lowest BCUT2D eigenvalue weighted by molar-refractivity contribution is -0.133. The van der Waals surface area contributed by atoms with E-state index in [9.17, 15) is 4.79 Å². The predicted octanol–water partition coefficient (Wildman–Crippen LogP) is 1.24. The molecule has 88 valence electrons. The van der Waals surface area contributed by atoms with Crippen LogP contribution in [-0.2, 0) is 11.3 Å². The normalized spacial score (nSPS) is 15.8. The Morgan fingerprint density at radius 2 is 2.44 bits per heavy atom. The molecule has 1 aromatic rings. The molecule has 4 heteroatoms. The third-order valence-electron chi connectivity index (χ3n) is 2.99. The maximum atomic E-state index is 12.0. The molecule has 2 rings (SSSR count). The van der Waals surface area contributed by atoms with Crippen molar-refractivity contribution in [3.63, 3.8) is 0 Å². The van der Waals surface area contributed by atoms with Crippen LogP contribution in [0.15, 0.2) is 22.8 Å². The predicted molar refractivity (Wildman–Crippen MR) is 60.8 cm³/mol. The highest BCUT2D eigenvalue weighted by Gasteiger charge is 2.23. The number of nitrogens with one attached hydrogen (secondary N) is 1. The van der Waals surface area contributed by atoms with Gasteiger partial charge in [-0.25, -0.2) is 0 Å². The number of nitrogens with zero attached hydrogens (tertiary/aromatic N) is 1. The number of rotatable bonds is 5. The fourth-order valence-electron chi connectivity index (χ4n) is 1.84. The van der Waals surface area contributed by atoms with Crippen molar-refractivity contribution in [2.45, 2.75) is 19.9 Å². The second-order valence-corrected chi connectivity index (χ2v) is 4.22. The molecular weight excluding hydrogens is 204 g/mol. The number of carbonyl (C=O) groups excluding carboxylic acids is 1. The third kappa shape index (κ3) is 2.64. The first kappa shape index (κ1) is 11.2. The average molecular weight is 222 g/mol. The fraction of sp³-hybridized carbons (Fsp3) is 0.583. The minimum atomic E-state index is 0.227. The minimum Gasteiger partial charge on any atom is -0.467 e. The Morgan fingerprint density at radius 1 is 1.62 bits per heavy atom. The summed E-state index contributed by atoms with van der Waals surface area (Å²) in [6, 6.07) is 3.75. The van der Waals surface area contributed by atoms with Gasteiger partial charge in [-0.3, -0.25) is 4.79 Å².